The molecule has 0 N–H and O–H groups in total. The van der Waals surface area contributed by atoms with Gasteiger partial charge in [0.15, 0.2) is 0 Å². The first-order chi connectivity index (χ1) is 17.4. The summed E-state index contributed by atoms with van der Waals surface area (Å²) in [6.07, 6.45) is 0.733. The van der Waals surface area contributed by atoms with Gasteiger partial charge in [-0.15, -0.1) is 0 Å². The van der Waals surface area contributed by atoms with Crippen molar-refractivity contribution >= 4 is 17.5 Å². The number of aromatic nitrogens is 2. The molecular weight excluding hydrogens is 481 g/mol. The first kappa shape index (κ1) is 25.3. The van der Waals surface area contributed by atoms with Crippen molar-refractivity contribution in [1.82, 2.24) is 14.7 Å². The van der Waals surface area contributed by atoms with E-state index in [0.717, 1.165) is 17.7 Å². The molecule has 1 heterocycles. The molecule has 4 rings (SSSR count). The average Bonchev–Trinajstić information content (AvgIpc) is 3.18. The Bertz CT molecular complexity index is 1350. The Balaban J connectivity index is 1.76. The van der Waals surface area contributed by atoms with E-state index in [1.807, 2.05) is 26.0 Å². The van der Waals surface area contributed by atoms with Crippen molar-refractivity contribution in [3.63, 3.8) is 0 Å². The number of ether oxygens (including phenoxy) is 2. The van der Waals surface area contributed by atoms with Gasteiger partial charge < -0.3 is 14.4 Å². The minimum atomic E-state index is -0.453. The van der Waals surface area contributed by atoms with Gasteiger partial charge in [0.1, 0.15) is 17.3 Å². The van der Waals surface area contributed by atoms with E-state index in [4.69, 9.17) is 26.2 Å². The van der Waals surface area contributed by atoms with Crippen molar-refractivity contribution in [3.05, 3.63) is 100 Å². The third-order valence-electron chi connectivity index (χ3n) is 5.67. The molecule has 1 aromatic heterocycles. The van der Waals surface area contributed by atoms with E-state index in [0.29, 0.717) is 40.2 Å². The largest absolute Gasteiger partial charge is 0.497 e. The molecule has 8 heteroatoms. The fourth-order valence-electron chi connectivity index (χ4n) is 3.88. The summed E-state index contributed by atoms with van der Waals surface area (Å²) in [6.45, 7) is 4.58. The van der Waals surface area contributed by atoms with Gasteiger partial charge in [0.05, 0.1) is 30.6 Å². The van der Waals surface area contributed by atoms with E-state index < -0.39 is 5.82 Å². The summed E-state index contributed by atoms with van der Waals surface area (Å²) in [5, 5.41) is 5.28. The summed E-state index contributed by atoms with van der Waals surface area (Å²) >= 11 is 6.26. The minimum absolute atomic E-state index is 0.237. The number of methoxy groups -OCH3 is 1. The number of hydrogen-bond donors (Lipinski definition) is 0. The normalized spacial score (nSPS) is 10.8. The summed E-state index contributed by atoms with van der Waals surface area (Å²) < 4.78 is 27.1. The van der Waals surface area contributed by atoms with Crippen LogP contribution in [0.1, 0.15) is 35.0 Å². The number of hydrogen-bond acceptors (Lipinski definition) is 4. The second kappa shape index (κ2) is 11.3. The maximum Gasteiger partial charge on any atom is 0.254 e. The quantitative estimate of drug-likeness (QED) is 0.249. The van der Waals surface area contributed by atoms with Crippen LogP contribution in [-0.2, 0) is 6.54 Å². The summed E-state index contributed by atoms with van der Waals surface area (Å²) in [7, 11) is 1.60. The lowest BCUT2D eigenvalue weighted by Gasteiger charge is -2.23. The SMILES string of the molecule is CCCN(Cc1c(C)nn(-c2cccc(Cl)c2)c1Oc1ccc(OC)cc1)C(=O)c1cccc(F)c1. The lowest BCUT2D eigenvalue weighted by Crippen LogP contribution is -2.31. The zero-order chi connectivity index (χ0) is 25.7. The van der Waals surface area contributed by atoms with Crippen molar-refractivity contribution < 1.29 is 18.7 Å². The van der Waals surface area contributed by atoms with E-state index in [1.54, 1.807) is 59.2 Å². The monoisotopic (exact) mass is 507 g/mol. The number of carbonyl (C=O) groups excluding carboxylic acids is 1. The number of rotatable bonds is 9. The van der Waals surface area contributed by atoms with Crippen molar-refractivity contribution in [2.45, 2.75) is 26.8 Å². The molecule has 0 aliphatic heterocycles. The second-order valence-electron chi connectivity index (χ2n) is 8.28. The summed E-state index contributed by atoms with van der Waals surface area (Å²) in [5.74, 6) is 1.04. The maximum absolute atomic E-state index is 13.8. The fraction of sp³-hybridized carbons (Fsp3) is 0.214. The molecule has 0 fully saturated rings. The zero-order valence-corrected chi connectivity index (χ0v) is 21.1. The molecule has 1 amide bonds. The van der Waals surface area contributed by atoms with Crippen LogP contribution in [0.25, 0.3) is 5.69 Å². The highest BCUT2D eigenvalue weighted by molar-refractivity contribution is 6.30. The van der Waals surface area contributed by atoms with Crippen LogP contribution < -0.4 is 9.47 Å². The summed E-state index contributed by atoms with van der Waals surface area (Å²) in [4.78, 5) is 15.0. The molecule has 0 saturated carbocycles. The topological polar surface area (TPSA) is 56.6 Å². The standard InChI is InChI=1S/C28H27ClFN3O3/c1-4-15-32(27(34)20-7-5-9-22(30)16-20)18-26-19(2)31-33(23-10-6-8-21(29)17-23)28(26)36-25-13-11-24(35-3)12-14-25/h5-14,16-17H,4,15,18H2,1-3H3. The van der Waals surface area contributed by atoms with E-state index in [9.17, 15) is 9.18 Å². The molecule has 0 bridgehead atoms. The number of benzene rings is 3. The van der Waals surface area contributed by atoms with Crippen LogP contribution >= 0.6 is 11.6 Å². The molecule has 0 saturated heterocycles. The van der Waals surface area contributed by atoms with E-state index in [2.05, 4.69) is 0 Å². The van der Waals surface area contributed by atoms with Crippen LogP contribution in [0.15, 0.2) is 72.8 Å². The number of carbonyl (C=O) groups is 1. The van der Waals surface area contributed by atoms with Gasteiger partial charge in [-0.1, -0.05) is 30.7 Å². The number of halogens is 2. The lowest BCUT2D eigenvalue weighted by atomic mass is 10.1. The molecule has 0 aliphatic rings. The number of amides is 1. The highest BCUT2D eigenvalue weighted by Gasteiger charge is 2.24. The van der Waals surface area contributed by atoms with E-state index in [-0.39, 0.29) is 12.5 Å². The van der Waals surface area contributed by atoms with Gasteiger partial charge in [-0.25, -0.2) is 9.07 Å². The van der Waals surface area contributed by atoms with Crippen molar-refractivity contribution in [1.29, 1.82) is 0 Å². The van der Waals surface area contributed by atoms with Gasteiger partial charge in [-0.2, -0.15) is 5.10 Å². The molecule has 4 aromatic rings. The third-order valence-corrected chi connectivity index (χ3v) is 5.90. The van der Waals surface area contributed by atoms with Crippen LogP contribution in [0.3, 0.4) is 0 Å². The minimum Gasteiger partial charge on any atom is -0.497 e. The van der Waals surface area contributed by atoms with Crippen molar-refractivity contribution in [2.24, 2.45) is 0 Å². The van der Waals surface area contributed by atoms with Crippen LogP contribution in [-0.4, -0.2) is 34.2 Å². The maximum atomic E-state index is 13.8. The van der Waals surface area contributed by atoms with E-state index in [1.165, 1.54) is 18.2 Å². The van der Waals surface area contributed by atoms with Crippen molar-refractivity contribution in [3.8, 4) is 23.1 Å². The number of aryl methyl sites for hydroxylation is 1. The Morgan fingerprint density at radius 2 is 1.78 bits per heavy atom. The molecule has 0 atom stereocenters. The lowest BCUT2D eigenvalue weighted by molar-refractivity contribution is 0.0741. The Morgan fingerprint density at radius 3 is 2.44 bits per heavy atom. The second-order valence-corrected chi connectivity index (χ2v) is 8.71. The van der Waals surface area contributed by atoms with Gasteiger partial charge >= 0.3 is 0 Å². The van der Waals surface area contributed by atoms with Gasteiger partial charge in [-0.05, 0) is 74.0 Å². The molecule has 0 radical (unpaired) electrons. The zero-order valence-electron chi connectivity index (χ0n) is 20.4. The highest BCUT2D eigenvalue weighted by Crippen LogP contribution is 2.33. The van der Waals surface area contributed by atoms with Crippen LogP contribution in [0.5, 0.6) is 17.4 Å². The third kappa shape index (κ3) is 5.69. The van der Waals surface area contributed by atoms with E-state index >= 15 is 0 Å². The van der Waals surface area contributed by atoms with Crippen LogP contribution in [0.4, 0.5) is 4.39 Å². The number of nitrogens with zero attached hydrogens (tertiary/aromatic N) is 3. The van der Waals surface area contributed by atoms with Crippen molar-refractivity contribution in [2.75, 3.05) is 13.7 Å². The molecule has 6 nitrogen and oxygen atoms in total. The Labute approximate surface area is 214 Å². The average molecular weight is 508 g/mol. The molecule has 3 aromatic carbocycles. The first-order valence-electron chi connectivity index (χ1n) is 11.6. The molecule has 0 unspecified atom stereocenters. The van der Waals surface area contributed by atoms with Gasteiger partial charge in [0.2, 0.25) is 5.88 Å². The summed E-state index contributed by atoms with van der Waals surface area (Å²) in [6, 6.07) is 20.2. The molecular formula is C28H27ClFN3O3. The Morgan fingerprint density at radius 1 is 1.06 bits per heavy atom. The predicted octanol–water partition coefficient (Wildman–Crippen LogP) is 6.83. The Hall–Kier alpha value is -3.84. The summed E-state index contributed by atoms with van der Waals surface area (Å²) in [5.41, 5.74) is 2.45. The predicted molar refractivity (Wildman–Crippen MR) is 138 cm³/mol. The van der Waals surface area contributed by atoms with Crippen LogP contribution in [0, 0.1) is 12.7 Å². The molecule has 186 valence electrons. The molecule has 0 aliphatic carbocycles. The Kier molecular flexibility index (Phi) is 7.90. The molecule has 36 heavy (non-hydrogen) atoms. The highest BCUT2D eigenvalue weighted by atomic mass is 35.5. The smallest absolute Gasteiger partial charge is 0.254 e. The molecule has 0 spiro atoms. The van der Waals surface area contributed by atoms with Crippen LogP contribution in [0.2, 0.25) is 5.02 Å². The first-order valence-corrected chi connectivity index (χ1v) is 12.0. The van der Waals surface area contributed by atoms with Gasteiger partial charge in [0, 0.05) is 17.1 Å². The van der Waals surface area contributed by atoms with Gasteiger partial charge in [-0.3, -0.25) is 4.79 Å². The fourth-order valence-corrected chi connectivity index (χ4v) is 4.07. The van der Waals surface area contributed by atoms with Gasteiger partial charge in [0.25, 0.3) is 5.91 Å².